The zero-order chi connectivity index (χ0) is 12.3. The Morgan fingerprint density at radius 1 is 1.06 bits per heavy atom. The molecule has 0 aromatic heterocycles. The van der Waals surface area contributed by atoms with Crippen molar-refractivity contribution < 1.29 is 0 Å². The number of benzene rings is 2. The highest BCUT2D eigenvalue weighted by atomic mass is 79.9. The van der Waals surface area contributed by atoms with Crippen LogP contribution >= 0.6 is 15.9 Å². The van der Waals surface area contributed by atoms with Gasteiger partial charge in [0.15, 0.2) is 0 Å². The molecule has 1 atom stereocenters. The number of hydrogen-bond donors (Lipinski definition) is 1. The van der Waals surface area contributed by atoms with Gasteiger partial charge in [0.25, 0.3) is 0 Å². The van der Waals surface area contributed by atoms with Crippen molar-refractivity contribution in [3.8, 4) is 0 Å². The van der Waals surface area contributed by atoms with Gasteiger partial charge < -0.3 is 5.32 Å². The predicted molar refractivity (Wildman–Crippen MR) is 76.2 cm³/mol. The van der Waals surface area contributed by atoms with E-state index in [0.29, 0.717) is 0 Å². The van der Waals surface area contributed by atoms with Crippen LogP contribution in [0.15, 0.2) is 53.0 Å². The van der Waals surface area contributed by atoms with Crippen LogP contribution in [0.2, 0.25) is 0 Å². The Kier molecular flexibility index (Phi) is 3.97. The Hall–Kier alpha value is -1.12. The zero-order valence-electron chi connectivity index (χ0n) is 10.1. The molecule has 2 rings (SSSR count). The average molecular weight is 290 g/mol. The van der Waals surface area contributed by atoms with Crippen molar-refractivity contribution in [3.05, 3.63) is 69.7 Å². The summed E-state index contributed by atoms with van der Waals surface area (Å²) in [5.74, 6) is 0. The van der Waals surface area contributed by atoms with Crippen molar-refractivity contribution in [1.82, 2.24) is 5.32 Å². The highest BCUT2D eigenvalue weighted by Gasteiger charge is 2.13. The molecule has 1 nitrogen and oxygen atoms in total. The molecule has 0 amide bonds. The fourth-order valence-corrected chi connectivity index (χ4v) is 2.52. The van der Waals surface area contributed by atoms with Crippen molar-refractivity contribution in [1.29, 1.82) is 0 Å². The van der Waals surface area contributed by atoms with Gasteiger partial charge in [-0.1, -0.05) is 52.3 Å². The van der Waals surface area contributed by atoms with Gasteiger partial charge in [0.05, 0.1) is 6.04 Å². The third-order valence-corrected chi connectivity index (χ3v) is 3.46. The van der Waals surface area contributed by atoms with Crippen molar-refractivity contribution >= 4 is 15.9 Å². The molecule has 2 aromatic carbocycles. The van der Waals surface area contributed by atoms with Crippen molar-refractivity contribution in [2.75, 3.05) is 7.05 Å². The lowest BCUT2D eigenvalue weighted by Crippen LogP contribution is -2.18. The maximum Gasteiger partial charge on any atom is 0.0577 e. The first-order valence-electron chi connectivity index (χ1n) is 5.70. The van der Waals surface area contributed by atoms with Crippen LogP contribution in [-0.4, -0.2) is 7.05 Å². The van der Waals surface area contributed by atoms with Gasteiger partial charge >= 0.3 is 0 Å². The van der Waals surface area contributed by atoms with Crippen molar-refractivity contribution in [2.24, 2.45) is 0 Å². The van der Waals surface area contributed by atoms with E-state index in [9.17, 15) is 0 Å². The van der Waals surface area contributed by atoms with Gasteiger partial charge in [-0.05, 0) is 42.8 Å². The molecule has 2 heteroatoms. The Morgan fingerprint density at radius 2 is 1.82 bits per heavy atom. The van der Waals surface area contributed by atoms with E-state index in [1.54, 1.807) is 0 Å². The number of rotatable bonds is 3. The van der Waals surface area contributed by atoms with Crippen LogP contribution in [0.4, 0.5) is 0 Å². The molecule has 2 aromatic rings. The summed E-state index contributed by atoms with van der Waals surface area (Å²) in [6.07, 6.45) is 0. The Bertz CT molecular complexity index is 508. The van der Waals surface area contributed by atoms with E-state index in [4.69, 9.17) is 0 Å². The van der Waals surface area contributed by atoms with Crippen LogP contribution in [0.5, 0.6) is 0 Å². The molecule has 1 N–H and O–H groups in total. The summed E-state index contributed by atoms with van der Waals surface area (Å²) in [5, 5.41) is 3.38. The molecule has 88 valence electrons. The SMILES string of the molecule is CNC(c1cccc(Br)c1)c1ccccc1C. The first-order valence-corrected chi connectivity index (χ1v) is 6.50. The Morgan fingerprint density at radius 3 is 2.47 bits per heavy atom. The van der Waals surface area contributed by atoms with Gasteiger partial charge in [-0.15, -0.1) is 0 Å². The van der Waals surface area contributed by atoms with Crippen LogP contribution in [0.3, 0.4) is 0 Å². The first-order chi connectivity index (χ1) is 8.22. The minimum absolute atomic E-state index is 0.244. The van der Waals surface area contributed by atoms with E-state index in [0.717, 1.165) is 4.47 Å². The summed E-state index contributed by atoms with van der Waals surface area (Å²) in [5.41, 5.74) is 3.91. The Balaban J connectivity index is 2.44. The maximum atomic E-state index is 3.52. The van der Waals surface area contributed by atoms with Crippen LogP contribution in [-0.2, 0) is 0 Å². The highest BCUT2D eigenvalue weighted by Crippen LogP contribution is 2.26. The molecule has 0 heterocycles. The van der Waals surface area contributed by atoms with Crippen LogP contribution in [0.1, 0.15) is 22.7 Å². The molecular formula is C15H16BrN. The summed E-state index contributed by atoms with van der Waals surface area (Å²) in [6, 6.07) is 17.2. The van der Waals surface area contributed by atoms with Gasteiger partial charge in [0, 0.05) is 4.47 Å². The third kappa shape index (κ3) is 2.76. The van der Waals surface area contributed by atoms with Gasteiger partial charge in [-0.2, -0.15) is 0 Å². The average Bonchev–Trinajstić information content (AvgIpc) is 2.33. The van der Waals surface area contributed by atoms with Gasteiger partial charge in [0.2, 0.25) is 0 Å². The van der Waals surface area contributed by atoms with Crippen molar-refractivity contribution in [2.45, 2.75) is 13.0 Å². The topological polar surface area (TPSA) is 12.0 Å². The molecule has 0 radical (unpaired) electrons. The lowest BCUT2D eigenvalue weighted by atomic mass is 9.95. The fourth-order valence-electron chi connectivity index (χ4n) is 2.10. The van der Waals surface area contributed by atoms with Gasteiger partial charge in [-0.25, -0.2) is 0 Å². The van der Waals surface area contributed by atoms with E-state index in [-0.39, 0.29) is 6.04 Å². The molecular weight excluding hydrogens is 274 g/mol. The van der Waals surface area contributed by atoms with Gasteiger partial charge in [-0.3, -0.25) is 0 Å². The zero-order valence-corrected chi connectivity index (χ0v) is 11.7. The lowest BCUT2D eigenvalue weighted by molar-refractivity contribution is 0.687. The standard InChI is InChI=1S/C15H16BrN/c1-11-6-3-4-9-14(11)15(17-2)12-7-5-8-13(16)10-12/h3-10,15,17H,1-2H3. The molecule has 17 heavy (non-hydrogen) atoms. The number of nitrogens with one attached hydrogen (secondary N) is 1. The normalized spacial score (nSPS) is 12.4. The fraction of sp³-hybridized carbons (Fsp3) is 0.200. The summed E-state index contributed by atoms with van der Waals surface area (Å²) in [7, 11) is 2.00. The van der Waals surface area contributed by atoms with E-state index in [1.165, 1.54) is 16.7 Å². The first kappa shape index (κ1) is 12.3. The minimum Gasteiger partial charge on any atom is -0.309 e. The quantitative estimate of drug-likeness (QED) is 0.898. The van der Waals surface area contributed by atoms with Crippen molar-refractivity contribution in [3.63, 3.8) is 0 Å². The molecule has 1 unspecified atom stereocenters. The monoisotopic (exact) mass is 289 g/mol. The second-order valence-corrected chi connectivity index (χ2v) is 5.05. The molecule has 0 bridgehead atoms. The molecule has 0 aliphatic rings. The van der Waals surface area contributed by atoms with E-state index in [1.807, 2.05) is 13.1 Å². The largest absolute Gasteiger partial charge is 0.309 e. The summed E-state index contributed by atoms with van der Waals surface area (Å²) in [4.78, 5) is 0. The summed E-state index contributed by atoms with van der Waals surface area (Å²) in [6.45, 7) is 2.15. The molecule has 0 aliphatic heterocycles. The Labute approximate surface area is 111 Å². The second kappa shape index (κ2) is 5.48. The minimum atomic E-state index is 0.244. The van der Waals surface area contributed by atoms with E-state index in [2.05, 4.69) is 70.6 Å². The van der Waals surface area contributed by atoms with Gasteiger partial charge in [0.1, 0.15) is 0 Å². The van der Waals surface area contributed by atoms with Crippen LogP contribution in [0.25, 0.3) is 0 Å². The summed E-state index contributed by atoms with van der Waals surface area (Å²) >= 11 is 3.52. The second-order valence-electron chi connectivity index (χ2n) is 4.13. The molecule has 0 saturated heterocycles. The lowest BCUT2D eigenvalue weighted by Gasteiger charge is -2.19. The van der Waals surface area contributed by atoms with E-state index >= 15 is 0 Å². The molecule has 0 aliphatic carbocycles. The molecule has 0 spiro atoms. The smallest absolute Gasteiger partial charge is 0.0577 e. The highest BCUT2D eigenvalue weighted by molar-refractivity contribution is 9.10. The van der Waals surface area contributed by atoms with Crippen LogP contribution < -0.4 is 5.32 Å². The van der Waals surface area contributed by atoms with Crippen LogP contribution in [0, 0.1) is 6.92 Å². The number of halogens is 1. The predicted octanol–water partition coefficient (Wildman–Crippen LogP) is 4.07. The number of aryl methyl sites for hydroxylation is 1. The number of hydrogen-bond acceptors (Lipinski definition) is 1. The molecule has 0 fully saturated rings. The van der Waals surface area contributed by atoms with E-state index < -0.39 is 0 Å². The summed E-state index contributed by atoms with van der Waals surface area (Å²) < 4.78 is 1.11. The third-order valence-electron chi connectivity index (χ3n) is 2.97. The molecule has 0 saturated carbocycles. The maximum absolute atomic E-state index is 3.52.